The van der Waals surface area contributed by atoms with Gasteiger partial charge in [0.2, 0.25) is 0 Å². The standard InChI is InChI=1S/C38H38N6O4.C16H32O6/c1-4-25-12-13-30-33-26(25)8-5-10-28(33)35(45)43(37(30)47)22-20-40(2)17-7-18-41(3)21-23-44-36(46)29-11-6-9-27-32(42-19-16-39-24-42)15-14-31(34(27)29)38(44)48;1-5-7-18-9-11-20-13-14-21-12-10-19-8-6-15(17)22-16(2,3)4/h5-6,8-16,19,24H,4,7,17-18,20-23H2,1-3H3;5-14H2,1-4H3. The van der Waals surface area contributed by atoms with Crippen molar-refractivity contribution < 1.29 is 47.7 Å². The number of nitrogens with zero attached hydrogens (tertiary/aromatic N) is 6. The van der Waals surface area contributed by atoms with Gasteiger partial charge in [-0.2, -0.15) is 0 Å². The number of benzene rings is 4. The van der Waals surface area contributed by atoms with Gasteiger partial charge in [0.15, 0.2) is 0 Å². The molecular formula is C54H70N6O10. The van der Waals surface area contributed by atoms with Crippen LogP contribution in [-0.4, -0.2) is 171 Å². The quantitative estimate of drug-likeness (QED) is 0.0314. The minimum atomic E-state index is -0.443. The molecule has 0 spiro atoms. The molecule has 0 aliphatic carbocycles. The summed E-state index contributed by atoms with van der Waals surface area (Å²) in [7, 11) is 3.97. The number of carbonyl (C=O) groups is 5. The SMILES string of the molecule is CCCOCCOCCOCCOCCC(=O)OC(C)(C)C.CCc1ccc2c3c(cccc13)C(=O)N(CCN(C)CCCN(C)CCN1C(=O)c3cccc4c(-n5ccnc5)ccc(c34)C1=O)C2=O. The fourth-order valence-corrected chi connectivity index (χ4v) is 8.51. The monoisotopic (exact) mass is 963 g/mol. The summed E-state index contributed by atoms with van der Waals surface area (Å²) in [5.41, 5.74) is 3.80. The first-order chi connectivity index (χ1) is 33.7. The van der Waals surface area contributed by atoms with E-state index in [2.05, 4.69) is 28.6 Å². The Kier molecular flexibility index (Phi) is 19.7. The zero-order chi connectivity index (χ0) is 50.2. The van der Waals surface area contributed by atoms with Gasteiger partial charge in [-0.25, -0.2) is 4.98 Å². The Morgan fingerprint density at radius 3 is 1.59 bits per heavy atom. The molecule has 1 aromatic heterocycles. The van der Waals surface area contributed by atoms with Crippen LogP contribution in [-0.2, 0) is 34.9 Å². The number of hydrogen-bond donors (Lipinski definition) is 0. The molecule has 4 aromatic carbocycles. The van der Waals surface area contributed by atoms with E-state index >= 15 is 0 Å². The minimum absolute atomic E-state index is 0.237. The molecule has 7 rings (SSSR count). The molecule has 0 N–H and O–H groups in total. The molecule has 0 saturated heterocycles. The van der Waals surface area contributed by atoms with Gasteiger partial charge in [0.25, 0.3) is 23.6 Å². The van der Waals surface area contributed by atoms with Crippen LogP contribution in [0.15, 0.2) is 79.4 Å². The molecular weight excluding hydrogens is 893 g/mol. The summed E-state index contributed by atoms with van der Waals surface area (Å²) in [4.78, 5) is 76.3. The van der Waals surface area contributed by atoms with E-state index in [4.69, 9.17) is 23.7 Å². The van der Waals surface area contributed by atoms with Crippen LogP contribution in [0.25, 0.3) is 27.2 Å². The smallest absolute Gasteiger partial charge is 0.308 e. The van der Waals surface area contributed by atoms with Crippen molar-refractivity contribution >= 4 is 51.1 Å². The van der Waals surface area contributed by atoms with Gasteiger partial charge < -0.3 is 38.1 Å². The predicted molar refractivity (Wildman–Crippen MR) is 269 cm³/mol. The summed E-state index contributed by atoms with van der Waals surface area (Å²) in [6.07, 6.45) is 8.21. The van der Waals surface area contributed by atoms with E-state index in [1.807, 2.05) is 94.2 Å². The van der Waals surface area contributed by atoms with Gasteiger partial charge in [0.05, 0.1) is 64.7 Å². The third-order valence-electron chi connectivity index (χ3n) is 12.0. The minimum Gasteiger partial charge on any atom is -0.460 e. The van der Waals surface area contributed by atoms with E-state index in [9.17, 15) is 24.0 Å². The number of amides is 4. The molecule has 70 heavy (non-hydrogen) atoms. The van der Waals surface area contributed by atoms with Crippen molar-refractivity contribution in [1.82, 2.24) is 29.2 Å². The zero-order valence-electron chi connectivity index (χ0n) is 42.0. The second-order valence-electron chi connectivity index (χ2n) is 18.5. The number of hydrogen-bond acceptors (Lipinski definition) is 13. The third-order valence-corrected chi connectivity index (χ3v) is 12.0. The summed E-state index contributed by atoms with van der Waals surface area (Å²) in [5.74, 6) is -1.27. The molecule has 376 valence electrons. The van der Waals surface area contributed by atoms with E-state index in [1.54, 1.807) is 24.7 Å². The molecule has 16 heteroatoms. The Hall–Kier alpha value is -5.88. The number of imidazole rings is 1. The summed E-state index contributed by atoms with van der Waals surface area (Å²) in [5, 5.41) is 3.28. The maximum absolute atomic E-state index is 13.5. The van der Waals surface area contributed by atoms with Crippen LogP contribution < -0.4 is 0 Å². The molecule has 2 aliphatic heterocycles. The fraction of sp³-hybridized carbons (Fsp3) is 0.481. The van der Waals surface area contributed by atoms with Crippen LogP contribution in [0, 0.1) is 0 Å². The molecule has 2 aliphatic rings. The number of likely N-dealkylation sites (N-methyl/N-ethyl adjacent to an activating group) is 2. The number of aryl methyl sites for hydroxylation is 1. The van der Waals surface area contributed by atoms with E-state index in [1.165, 1.54) is 9.80 Å². The average molecular weight is 963 g/mol. The molecule has 0 atom stereocenters. The lowest BCUT2D eigenvalue weighted by Crippen LogP contribution is -2.45. The second kappa shape index (κ2) is 25.8. The van der Waals surface area contributed by atoms with Gasteiger partial charge in [0.1, 0.15) is 5.60 Å². The van der Waals surface area contributed by atoms with Crippen LogP contribution in [0.5, 0.6) is 0 Å². The van der Waals surface area contributed by atoms with E-state index in [0.29, 0.717) is 93.5 Å². The van der Waals surface area contributed by atoms with Crippen molar-refractivity contribution in [1.29, 1.82) is 0 Å². The third kappa shape index (κ3) is 13.9. The van der Waals surface area contributed by atoms with Crippen molar-refractivity contribution in [3.8, 4) is 5.69 Å². The highest BCUT2D eigenvalue weighted by molar-refractivity contribution is 6.27. The van der Waals surface area contributed by atoms with Gasteiger partial charge in [-0.1, -0.05) is 44.2 Å². The van der Waals surface area contributed by atoms with Gasteiger partial charge in [-0.15, -0.1) is 0 Å². The topological polar surface area (TPSA) is 162 Å². The second-order valence-corrected chi connectivity index (χ2v) is 18.5. The Morgan fingerprint density at radius 1 is 0.600 bits per heavy atom. The Labute approximate surface area is 411 Å². The summed E-state index contributed by atoms with van der Waals surface area (Å²) >= 11 is 0. The highest BCUT2D eigenvalue weighted by Gasteiger charge is 2.35. The number of ether oxygens (including phenoxy) is 5. The first kappa shape index (κ1) is 53.5. The predicted octanol–water partition coefficient (Wildman–Crippen LogP) is 7.08. The summed E-state index contributed by atoms with van der Waals surface area (Å²) < 4.78 is 28.3. The lowest BCUT2D eigenvalue weighted by Gasteiger charge is -2.30. The van der Waals surface area contributed by atoms with Gasteiger partial charge >= 0.3 is 5.97 Å². The molecule has 0 saturated carbocycles. The normalized spacial score (nSPS) is 13.6. The van der Waals surface area contributed by atoms with Crippen molar-refractivity contribution in [2.45, 2.75) is 65.9 Å². The van der Waals surface area contributed by atoms with Crippen LogP contribution in [0.4, 0.5) is 0 Å². The first-order valence-electron chi connectivity index (χ1n) is 24.4. The molecule has 4 amide bonds. The van der Waals surface area contributed by atoms with Crippen molar-refractivity contribution in [2.75, 3.05) is 106 Å². The van der Waals surface area contributed by atoms with Gasteiger partial charge in [0, 0.05) is 83.6 Å². The zero-order valence-corrected chi connectivity index (χ0v) is 42.0. The number of aromatic nitrogens is 2. The molecule has 3 heterocycles. The Bertz CT molecular complexity index is 2530. The first-order valence-corrected chi connectivity index (χ1v) is 24.4. The maximum atomic E-state index is 13.5. The number of imide groups is 2. The number of carbonyl (C=O) groups excluding carboxylic acids is 5. The summed E-state index contributed by atoms with van der Waals surface area (Å²) in [6, 6.07) is 18.8. The largest absolute Gasteiger partial charge is 0.460 e. The van der Waals surface area contributed by atoms with Gasteiger partial charge in [-0.05, 0) is 109 Å². The molecule has 16 nitrogen and oxygen atoms in total. The van der Waals surface area contributed by atoms with E-state index < -0.39 is 5.60 Å². The summed E-state index contributed by atoms with van der Waals surface area (Å²) in [6.45, 7) is 17.3. The van der Waals surface area contributed by atoms with Crippen LogP contribution in [0.1, 0.15) is 101 Å². The van der Waals surface area contributed by atoms with E-state index in [0.717, 1.165) is 66.4 Å². The molecule has 0 fully saturated rings. The average Bonchev–Trinajstić information content (AvgIpc) is 3.88. The molecule has 0 unspecified atom stereocenters. The van der Waals surface area contributed by atoms with Crippen LogP contribution in [0.2, 0.25) is 0 Å². The Morgan fingerprint density at radius 2 is 1.09 bits per heavy atom. The van der Waals surface area contributed by atoms with Crippen LogP contribution in [0.3, 0.4) is 0 Å². The van der Waals surface area contributed by atoms with E-state index in [-0.39, 0.29) is 42.6 Å². The fourth-order valence-electron chi connectivity index (χ4n) is 8.51. The van der Waals surface area contributed by atoms with Crippen molar-refractivity contribution in [2.24, 2.45) is 0 Å². The molecule has 0 bridgehead atoms. The number of rotatable bonds is 26. The lowest BCUT2D eigenvalue weighted by atomic mass is 9.90. The number of esters is 1. The Balaban J connectivity index is 0.000000310. The maximum Gasteiger partial charge on any atom is 0.308 e. The van der Waals surface area contributed by atoms with Crippen LogP contribution >= 0.6 is 0 Å². The highest BCUT2D eigenvalue weighted by atomic mass is 16.6. The van der Waals surface area contributed by atoms with Crippen molar-refractivity contribution in [3.05, 3.63) is 107 Å². The van der Waals surface area contributed by atoms with Crippen molar-refractivity contribution in [3.63, 3.8) is 0 Å². The molecule has 5 aromatic rings. The highest BCUT2D eigenvalue weighted by Crippen LogP contribution is 2.34. The lowest BCUT2D eigenvalue weighted by molar-refractivity contribution is -0.156. The van der Waals surface area contributed by atoms with Gasteiger partial charge in [-0.3, -0.25) is 33.8 Å². The molecule has 0 radical (unpaired) electrons.